The predicted molar refractivity (Wildman–Crippen MR) is 110 cm³/mol. The molecule has 0 radical (unpaired) electrons. The van der Waals surface area contributed by atoms with Crippen LogP contribution in [0.25, 0.3) is 22.4 Å². The number of hydrogen-bond acceptors (Lipinski definition) is 7. The Morgan fingerprint density at radius 1 is 1.20 bits per heavy atom. The van der Waals surface area contributed by atoms with E-state index < -0.39 is 11.9 Å². The van der Waals surface area contributed by atoms with Crippen molar-refractivity contribution >= 4 is 16.9 Å². The average Bonchev–Trinajstić information content (AvgIpc) is 3.25. The second kappa shape index (κ2) is 7.86. The van der Waals surface area contributed by atoms with Crippen LogP contribution in [0.2, 0.25) is 0 Å². The Balaban J connectivity index is 1.62. The van der Waals surface area contributed by atoms with Crippen LogP contribution in [0.1, 0.15) is 41.8 Å². The minimum Gasteiger partial charge on any atom is -0.340 e. The number of amides is 1. The lowest BCUT2D eigenvalue weighted by Crippen LogP contribution is -2.32. The van der Waals surface area contributed by atoms with E-state index in [1.54, 1.807) is 48.1 Å². The van der Waals surface area contributed by atoms with Gasteiger partial charge in [-0.05, 0) is 45.0 Å². The first-order valence-corrected chi connectivity index (χ1v) is 9.53. The summed E-state index contributed by atoms with van der Waals surface area (Å²) in [6.07, 6.45) is 4.80. The van der Waals surface area contributed by atoms with Crippen molar-refractivity contribution in [1.29, 1.82) is 0 Å². The molecule has 4 heterocycles. The number of nitrogens with one attached hydrogen (secondary N) is 1. The Labute approximate surface area is 171 Å². The molecule has 0 aliphatic carbocycles. The van der Waals surface area contributed by atoms with Gasteiger partial charge in [0.2, 0.25) is 17.1 Å². The van der Waals surface area contributed by atoms with Crippen molar-refractivity contribution in [3.8, 4) is 11.4 Å². The Kier molecular flexibility index (Phi) is 5.09. The highest BCUT2D eigenvalue weighted by molar-refractivity contribution is 5.97. The molecule has 1 N–H and O–H groups in total. The molecule has 9 nitrogen and oxygen atoms in total. The molecular formula is C21H20N6O3. The van der Waals surface area contributed by atoms with Crippen LogP contribution in [0, 0.1) is 6.92 Å². The lowest BCUT2D eigenvalue weighted by atomic mass is 10.1. The maximum atomic E-state index is 12.9. The standard InChI is InChI=1S/C21H20N6O3/c1-4-27-11-16(17(28)15-6-5-12(2)23-19(15)27)20(29)24-13(3)21-25-18(26-30-21)14-7-9-22-10-8-14/h5-11,13H,4H2,1-3H3,(H,24,29)/t13-/m1/s1. The summed E-state index contributed by atoms with van der Waals surface area (Å²) in [5.41, 5.74) is 1.79. The number of pyridine rings is 3. The van der Waals surface area contributed by atoms with Crippen LogP contribution >= 0.6 is 0 Å². The highest BCUT2D eigenvalue weighted by Gasteiger charge is 2.21. The van der Waals surface area contributed by atoms with Crippen LogP contribution in [0.15, 0.2) is 52.2 Å². The normalized spacial score (nSPS) is 12.1. The molecule has 0 aliphatic heterocycles. The first kappa shape index (κ1) is 19.4. The van der Waals surface area contributed by atoms with Gasteiger partial charge < -0.3 is 14.4 Å². The van der Waals surface area contributed by atoms with E-state index in [2.05, 4.69) is 25.4 Å². The molecule has 4 aromatic rings. The first-order chi connectivity index (χ1) is 14.5. The predicted octanol–water partition coefficient (Wildman–Crippen LogP) is 2.66. The van der Waals surface area contributed by atoms with Crippen LogP contribution in [0.3, 0.4) is 0 Å². The van der Waals surface area contributed by atoms with Crippen LogP contribution in [0.4, 0.5) is 0 Å². The van der Waals surface area contributed by atoms with Crippen LogP contribution in [0.5, 0.6) is 0 Å². The number of aromatic nitrogens is 5. The van der Waals surface area contributed by atoms with E-state index in [4.69, 9.17) is 4.52 Å². The summed E-state index contributed by atoms with van der Waals surface area (Å²) in [4.78, 5) is 38.5. The van der Waals surface area contributed by atoms with Gasteiger partial charge in [0.25, 0.3) is 5.91 Å². The molecule has 152 valence electrons. The second-order valence-corrected chi connectivity index (χ2v) is 6.87. The molecule has 0 bridgehead atoms. The minimum atomic E-state index is -0.582. The zero-order valence-electron chi connectivity index (χ0n) is 16.8. The van der Waals surface area contributed by atoms with Gasteiger partial charge in [0.05, 0.1) is 5.39 Å². The zero-order chi connectivity index (χ0) is 21.3. The second-order valence-electron chi connectivity index (χ2n) is 6.87. The van der Waals surface area contributed by atoms with Gasteiger partial charge in [0.15, 0.2) is 0 Å². The Hall–Kier alpha value is -3.88. The molecule has 0 saturated carbocycles. The van der Waals surface area contributed by atoms with Gasteiger partial charge in [0, 0.05) is 36.4 Å². The van der Waals surface area contributed by atoms with Gasteiger partial charge in [-0.3, -0.25) is 14.6 Å². The Morgan fingerprint density at radius 3 is 2.70 bits per heavy atom. The highest BCUT2D eigenvalue weighted by Crippen LogP contribution is 2.18. The Morgan fingerprint density at radius 2 is 1.97 bits per heavy atom. The average molecular weight is 404 g/mol. The maximum Gasteiger partial charge on any atom is 0.257 e. The Bertz CT molecular complexity index is 1280. The highest BCUT2D eigenvalue weighted by atomic mass is 16.5. The van der Waals surface area contributed by atoms with Crippen LogP contribution in [-0.4, -0.2) is 30.6 Å². The van der Waals surface area contributed by atoms with E-state index in [-0.39, 0.29) is 16.9 Å². The van der Waals surface area contributed by atoms with E-state index in [9.17, 15) is 9.59 Å². The molecule has 4 aromatic heterocycles. The SMILES string of the molecule is CCn1cc(C(=O)N[C@H](C)c2nc(-c3ccncc3)no2)c(=O)c2ccc(C)nc21. The van der Waals surface area contributed by atoms with Crippen molar-refractivity contribution in [2.24, 2.45) is 0 Å². The maximum absolute atomic E-state index is 12.9. The molecule has 0 aromatic carbocycles. The summed E-state index contributed by atoms with van der Waals surface area (Å²) < 4.78 is 7.08. The largest absolute Gasteiger partial charge is 0.340 e. The molecule has 30 heavy (non-hydrogen) atoms. The number of carbonyl (C=O) groups excluding carboxylic acids is 1. The number of carbonyl (C=O) groups is 1. The monoisotopic (exact) mass is 404 g/mol. The van der Waals surface area contributed by atoms with Crippen molar-refractivity contribution < 1.29 is 9.32 Å². The summed E-state index contributed by atoms with van der Waals surface area (Å²) >= 11 is 0. The summed E-state index contributed by atoms with van der Waals surface area (Å²) in [6.45, 7) is 6.07. The molecule has 0 fully saturated rings. The van der Waals surface area contributed by atoms with Gasteiger partial charge >= 0.3 is 0 Å². The third kappa shape index (κ3) is 3.57. The molecule has 9 heteroatoms. The van der Waals surface area contributed by atoms with Crippen molar-refractivity contribution in [2.75, 3.05) is 0 Å². The molecule has 0 unspecified atom stereocenters. The quantitative estimate of drug-likeness (QED) is 0.543. The number of fused-ring (bicyclic) bond motifs is 1. The van der Waals surface area contributed by atoms with Crippen molar-refractivity contribution in [3.05, 3.63) is 70.2 Å². The summed E-state index contributed by atoms with van der Waals surface area (Å²) in [6, 6.07) is 6.39. The van der Waals surface area contributed by atoms with Crippen LogP contribution in [-0.2, 0) is 6.54 Å². The van der Waals surface area contributed by atoms with Crippen molar-refractivity contribution in [3.63, 3.8) is 0 Å². The van der Waals surface area contributed by atoms with Crippen LogP contribution < -0.4 is 10.7 Å². The zero-order valence-corrected chi connectivity index (χ0v) is 16.8. The van der Waals surface area contributed by atoms with Gasteiger partial charge in [-0.15, -0.1) is 0 Å². The topological polar surface area (TPSA) is 116 Å². The van der Waals surface area contributed by atoms with E-state index in [1.165, 1.54) is 6.20 Å². The summed E-state index contributed by atoms with van der Waals surface area (Å²) in [7, 11) is 0. The van der Waals surface area contributed by atoms with E-state index in [1.807, 2.05) is 13.8 Å². The lowest BCUT2D eigenvalue weighted by molar-refractivity contribution is 0.0931. The molecular weight excluding hydrogens is 384 g/mol. The summed E-state index contributed by atoms with van der Waals surface area (Å²) in [5, 5.41) is 7.11. The first-order valence-electron chi connectivity index (χ1n) is 9.53. The van der Waals surface area contributed by atoms with E-state index >= 15 is 0 Å². The van der Waals surface area contributed by atoms with E-state index in [0.29, 0.717) is 23.4 Å². The van der Waals surface area contributed by atoms with Gasteiger partial charge in [0.1, 0.15) is 17.3 Å². The third-order valence-electron chi connectivity index (χ3n) is 4.74. The fraction of sp³-hybridized carbons (Fsp3) is 0.238. The molecule has 0 aliphatic rings. The molecule has 0 spiro atoms. The van der Waals surface area contributed by atoms with Gasteiger partial charge in [-0.2, -0.15) is 4.98 Å². The molecule has 1 amide bonds. The third-order valence-corrected chi connectivity index (χ3v) is 4.74. The number of hydrogen-bond donors (Lipinski definition) is 1. The van der Waals surface area contributed by atoms with Crippen molar-refractivity contribution in [2.45, 2.75) is 33.4 Å². The molecule has 0 saturated heterocycles. The fourth-order valence-corrected chi connectivity index (χ4v) is 3.13. The smallest absolute Gasteiger partial charge is 0.257 e. The number of rotatable bonds is 5. The number of aryl methyl sites for hydroxylation is 2. The number of nitrogens with zero attached hydrogens (tertiary/aromatic N) is 5. The fourth-order valence-electron chi connectivity index (χ4n) is 3.13. The summed E-state index contributed by atoms with van der Waals surface area (Å²) in [5.74, 6) is 0.124. The minimum absolute atomic E-state index is 0.0377. The lowest BCUT2D eigenvalue weighted by Gasteiger charge is -2.13. The van der Waals surface area contributed by atoms with Gasteiger partial charge in [-0.25, -0.2) is 4.98 Å². The molecule has 1 atom stereocenters. The van der Waals surface area contributed by atoms with Crippen molar-refractivity contribution in [1.82, 2.24) is 30.0 Å². The van der Waals surface area contributed by atoms with Gasteiger partial charge in [-0.1, -0.05) is 5.16 Å². The molecule has 4 rings (SSSR count). The van der Waals surface area contributed by atoms with E-state index in [0.717, 1.165) is 11.3 Å².